The third-order valence-electron chi connectivity index (χ3n) is 4.29. The van der Waals surface area contributed by atoms with Crippen LogP contribution in [0.4, 0.5) is 24.7 Å². The minimum absolute atomic E-state index is 0.161. The standard InChI is InChI=1S/C22H16F3N3O3/c23-22(24,25)31-17-5-3-16(4-6-17)27-20-9-1-14(12-26-20)13-30-18-7-8-19-15(11-18)2-10-21(29)28-19/h1-12H,13H2,(H,26,27)(H,28,29). The number of hydrogen-bond donors (Lipinski definition) is 2. The number of aromatic nitrogens is 2. The summed E-state index contributed by atoms with van der Waals surface area (Å²) in [5.74, 6) is 0.893. The van der Waals surface area contributed by atoms with E-state index in [0.717, 1.165) is 16.5 Å². The number of nitrogens with one attached hydrogen (secondary N) is 2. The highest BCUT2D eigenvalue weighted by molar-refractivity contribution is 5.79. The van der Waals surface area contributed by atoms with E-state index in [9.17, 15) is 18.0 Å². The second-order valence-electron chi connectivity index (χ2n) is 6.61. The number of nitrogens with zero attached hydrogens (tertiary/aromatic N) is 1. The molecule has 0 aliphatic rings. The fourth-order valence-corrected chi connectivity index (χ4v) is 2.86. The quantitative estimate of drug-likeness (QED) is 0.445. The van der Waals surface area contributed by atoms with E-state index in [1.165, 1.54) is 30.3 Å². The zero-order valence-electron chi connectivity index (χ0n) is 15.9. The zero-order valence-corrected chi connectivity index (χ0v) is 15.9. The molecule has 0 bridgehead atoms. The van der Waals surface area contributed by atoms with Crippen molar-refractivity contribution in [3.63, 3.8) is 0 Å². The molecule has 0 spiro atoms. The molecule has 0 amide bonds. The molecule has 31 heavy (non-hydrogen) atoms. The second kappa shape index (κ2) is 8.39. The fraction of sp³-hybridized carbons (Fsp3) is 0.0909. The summed E-state index contributed by atoms with van der Waals surface area (Å²) in [6, 6.07) is 17.5. The molecule has 0 unspecified atom stereocenters. The Balaban J connectivity index is 1.35. The maximum Gasteiger partial charge on any atom is 0.573 e. The fourth-order valence-electron chi connectivity index (χ4n) is 2.86. The lowest BCUT2D eigenvalue weighted by Crippen LogP contribution is -2.16. The molecule has 6 nitrogen and oxygen atoms in total. The van der Waals surface area contributed by atoms with E-state index >= 15 is 0 Å². The van der Waals surface area contributed by atoms with E-state index < -0.39 is 6.36 Å². The van der Waals surface area contributed by atoms with Gasteiger partial charge in [0.2, 0.25) is 5.56 Å². The lowest BCUT2D eigenvalue weighted by atomic mass is 10.2. The van der Waals surface area contributed by atoms with Crippen LogP contribution < -0.4 is 20.3 Å². The van der Waals surface area contributed by atoms with Gasteiger partial charge >= 0.3 is 6.36 Å². The van der Waals surface area contributed by atoms with E-state index in [0.29, 0.717) is 23.9 Å². The SMILES string of the molecule is O=c1ccc2cc(OCc3ccc(Nc4ccc(OC(F)(F)F)cc4)nc3)ccc2[nH]1. The molecule has 0 saturated carbocycles. The first-order valence-corrected chi connectivity index (χ1v) is 9.18. The third-order valence-corrected chi connectivity index (χ3v) is 4.29. The summed E-state index contributed by atoms with van der Waals surface area (Å²) in [6.45, 7) is 0.297. The van der Waals surface area contributed by atoms with Gasteiger partial charge in [0.05, 0.1) is 0 Å². The van der Waals surface area contributed by atoms with Gasteiger partial charge in [0.1, 0.15) is 23.9 Å². The Kier molecular flexibility index (Phi) is 5.48. The van der Waals surface area contributed by atoms with Gasteiger partial charge < -0.3 is 19.8 Å². The zero-order chi connectivity index (χ0) is 21.8. The molecule has 158 valence electrons. The molecule has 0 saturated heterocycles. The first kappa shape index (κ1) is 20.3. The predicted octanol–water partition coefficient (Wildman–Crippen LogP) is 5.14. The van der Waals surface area contributed by atoms with Gasteiger partial charge in [-0.05, 0) is 54.6 Å². The molecule has 0 atom stereocenters. The van der Waals surface area contributed by atoms with Crippen molar-refractivity contribution in [3.8, 4) is 11.5 Å². The van der Waals surface area contributed by atoms with Gasteiger partial charge in [-0.3, -0.25) is 4.79 Å². The van der Waals surface area contributed by atoms with Crippen LogP contribution in [0.5, 0.6) is 11.5 Å². The second-order valence-corrected chi connectivity index (χ2v) is 6.61. The summed E-state index contributed by atoms with van der Waals surface area (Å²) in [7, 11) is 0. The number of rotatable bonds is 6. The van der Waals surface area contributed by atoms with Gasteiger partial charge in [-0.2, -0.15) is 0 Å². The molecule has 2 aromatic carbocycles. The van der Waals surface area contributed by atoms with Crippen molar-refractivity contribution < 1.29 is 22.6 Å². The number of alkyl halides is 3. The predicted molar refractivity (Wildman–Crippen MR) is 110 cm³/mol. The van der Waals surface area contributed by atoms with Gasteiger partial charge in [-0.1, -0.05) is 6.07 Å². The maximum atomic E-state index is 12.2. The number of pyridine rings is 2. The first-order valence-electron chi connectivity index (χ1n) is 9.18. The Morgan fingerprint density at radius 3 is 2.42 bits per heavy atom. The van der Waals surface area contributed by atoms with Crippen molar-refractivity contribution in [2.75, 3.05) is 5.32 Å². The van der Waals surface area contributed by atoms with Crippen molar-refractivity contribution in [2.45, 2.75) is 13.0 Å². The number of ether oxygens (including phenoxy) is 2. The van der Waals surface area contributed by atoms with E-state index in [1.54, 1.807) is 30.5 Å². The topological polar surface area (TPSA) is 76.2 Å². The highest BCUT2D eigenvalue weighted by Crippen LogP contribution is 2.25. The van der Waals surface area contributed by atoms with E-state index in [2.05, 4.69) is 20.0 Å². The van der Waals surface area contributed by atoms with E-state index in [1.807, 2.05) is 12.1 Å². The maximum absolute atomic E-state index is 12.2. The molecule has 0 aliphatic heterocycles. The lowest BCUT2D eigenvalue weighted by Gasteiger charge is -2.11. The van der Waals surface area contributed by atoms with Crippen molar-refractivity contribution in [1.82, 2.24) is 9.97 Å². The molecular weight excluding hydrogens is 411 g/mol. The highest BCUT2D eigenvalue weighted by atomic mass is 19.4. The van der Waals surface area contributed by atoms with Crippen molar-refractivity contribution in [2.24, 2.45) is 0 Å². The Bertz CT molecular complexity index is 1240. The Hall–Kier alpha value is -4.01. The number of hydrogen-bond acceptors (Lipinski definition) is 5. The monoisotopic (exact) mass is 427 g/mol. The van der Waals surface area contributed by atoms with Crippen molar-refractivity contribution >= 4 is 22.4 Å². The van der Waals surface area contributed by atoms with Gasteiger partial charge in [0.15, 0.2) is 0 Å². The molecule has 2 aromatic heterocycles. The normalized spacial score (nSPS) is 11.3. The van der Waals surface area contributed by atoms with Crippen LogP contribution in [0, 0.1) is 0 Å². The summed E-state index contributed by atoms with van der Waals surface area (Å²) < 4.78 is 46.3. The average molecular weight is 427 g/mol. The number of aromatic amines is 1. The van der Waals surface area contributed by atoms with Crippen LogP contribution in [-0.2, 0) is 6.61 Å². The van der Waals surface area contributed by atoms with Crippen LogP contribution in [0.3, 0.4) is 0 Å². The lowest BCUT2D eigenvalue weighted by molar-refractivity contribution is -0.274. The average Bonchev–Trinajstić information content (AvgIpc) is 2.73. The smallest absolute Gasteiger partial charge is 0.489 e. The van der Waals surface area contributed by atoms with Gasteiger partial charge in [-0.15, -0.1) is 13.2 Å². The van der Waals surface area contributed by atoms with Gasteiger partial charge in [0.25, 0.3) is 0 Å². The molecule has 4 rings (SSSR count). The van der Waals surface area contributed by atoms with Crippen molar-refractivity contribution in [1.29, 1.82) is 0 Å². The number of halogens is 3. The molecular formula is C22H16F3N3O3. The molecule has 0 fully saturated rings. The van der Waals surface area contributed by atoms with Crippen LogP contribution >= 0.6 is 0 Å². The minimum Gasteiger partial charge on any atom is -0.489 e. The van der Waals surface area contributed by atoms with E-state index in [4.69, 9.17) is 4.74 Å². The Morgan fingerprint density at radius 1 is 0.935 bits per heavy atom. The minimum atomic E-state index is -4.72. The van der Waals surface area contributed by atoms with Crippen LogP contribution in [0.2, 0.25) is 0 Å². The first-order chi connectivity index (χ1) is 14.8. The summed E-state index contributed by atoms with van der Waals surface area (Å²) >= 11 is 0. The van der Waals surface area contributed by atoms with Crippen molar-refractivity contribution in [3.05, 3.63) is 88.8 Å². The molecule has 2 N–H and O–H groups in total. The largest absolute Gasteiger partial charge is 0.573 e. The number of anilines is 2. The van der Waals surface area contributed by atoms with Crippen LogP contribution in [-0.4, -0.2) is 16.3 Å². The summed E-state index contributed by atoms with van der Waals surface area (Å²) in [6.07, 6.45) is -3.08. The molecule has 2 heterocycles. The molecule has 0 radical (unpaired) electrons. The number of H-pyrrole nitrogens is 1. The van der Waals surface area contributed by atoms with Crippen LogP contribution in [0.1, 0.15) is 5.56 Å². The van der Waals surface area contributed by atoms with Crippen LogP contribution in [0.15, 0.2) is 77.7 Å². The van der Waals surface area contributed by atoms with Crippen LogP contribution in [0.25, 0.3) is 10.9 Å². The summed E-state index contributed by atoms with van der Waals surface area (Å²) in [5, 5.41) is 3.86. The van der Waals surface area contributed by atoms with Gasteiger partial charge in [0, 0.05) is 34.4 Å². The molecule has 9 heteroatoms. The van der Waals surface area contributed by atoms with Gasteiger partial charge in [-0.25, -0.2) is 4.98 Å². The molecule has 0 aliphatic carbocycles. The Morgan fingerprint density at radius 2 is 1.71 bits per heavy atom. The summed E-state index contributed by atoms with van der Waals surface area (Å²) in [4.78, 5) is 18.4. The highest BCUT2D eigenvalue weighted by Gasteiger charge is 2.30. The molecule has 4 aromatic rings. The summed E-state index contributed by atoms with van der Waals surface area (Å²) in [5.41, 5.74) is 1.97. The third kappa shape index (κ3) is 5.53. The van der Waals surface area contributed by atoms with E-state index in [-0.39, 0.29) is 11.3 Å². The Labute approximate surface area is 174 Å². The number of fused-ring (bicyclic) bond motifs is 1. The number of benzene rings is 2.